The van der Waals surface area contributed by atoms with Crippen LogP contribution >= 0.6 is 27.3 Å². The Morgan fingerprint density at radius 3 is 2.50 bits per heavy atom. The van der Waals surface area contributed by atoms with Crippen LogP contribution in [-0.4, -0.2) is 19.8 Å². The summed E-state index contributed by atoms with van der Waals surface area (Å²) in [4.78, 5) is 0.996. The highest BCUT2D eigenvalue weighted by Crippen LogP contribution is 2.23. The minimum Gasteiger partial charge on any atom is -0.208 e. The molecule has 0 aliphatic heterocycles. The van der Waals surface area contributed by atoms with Crippen LogP contribution in [-0.2, 0) is 16.6 Å². The summed E-state index contributed by atoms with van der Waals surface area (Å²) in [5.41, 5.74) is 0.864. The van der Waals surface area contributed by atoms with Crippen LogP contribution < -0.4 is 0 Å². The lowest BCUT2D eigenvalue weighted by Crippen LogP contribution is -2.23. The van der Waals surface area contributed by atoms with E-state index in [2.05, 4.69) is 15.9 Å². The van der Waals surface area contributed by atoms with Gasteiger partial charge < -0.3 is 0 Å². The molecule has 0 unspecified atom stereocenters. The van der Waals surface area contributed by atoms with Gasteiger partial charge in [-0.2, -0.15) is 4.31 Å². The number of benzene rings is 1. The lowest BCUT2D eigenvalue weighted by atomic mass is 10.2. The summed E-state index contributed by atoms with van der Waals surface area (Å²) in [5.74, 6) is 0. The van der Waals surface area contributed by atoms with Crippen LogP contribution in [0, 0.1) is 0 Å². The Hall–Kier alpha value is -0.950. The number of rotatable bonds is 5. The van der Waals surface area contributed by atoms with Crippen molar-refractivity contribution in [2.24, 2.45) is 0 Å². The zero-order valence-corrected chi connectivity index (χ0v) is 14.1. The maximum absolute atomic E-state index is 12.1. The first-order chi connectivity index (χ1) is 9.47. The Balaban J connectivity index is 2.08. The predicted molar refractivity (Wildman–Crippen MR) is 87.9 cm³/mol. The normalized spacial score (nSPS) is 12.3. The van der Waals surface area contributed by atoms with E-state index in [0.717, 1.165) is 14.2 Å². The lowest BCUT2D eigenvalue weighted by molar-refractivity contribution is 0.478. The van der Waals surface area contributed by atoms with E-state index >= 15 is 0 Å². The van der Waals surface area contributed by atoms with Crippen LogP contribution in [0.2, 0.25) is 0 Å². The average molecular weight is 372 g/mol. The summed E-state index contributed by atoms with van der Waals surface area (Å²) in [6.45, 7) is 0.373. The number of hydrogen-bond donors (Lipinski definition) is 0. The van der Waals surface area contributed by atoms with Gasteiger partial charge in [-0.1, -0.05) is 30.3 Å². The molecule has 0 radical (unpaired) electrons. The van der Waals surface area contributed by atoms with Crippen LogP contribution in [0.15, 0.2) is 51.7 Å². The quantitative estimate of drug-likeness (QED) is 0.797. The number of thiophene rings is 1. The Labute approximate surface area is 131 Å². The largest absolute Gasteiger partial charge is 0.236 e. The minimum absolute atomic E-state index is 0.373. The molecule has 0 N–H and O–H groups in total. The number of sulfonamides is 1. The Bertz CT molecular complexity index is 693. The molecule has 0 spiro atoms. The zero-order valence-electron chi connectivity index (χ0n) is 10.9. The highest BCUT2D eigenvalue weighted by Gasteiger charge is 2.15. The van der Waals surface area contributed by atoms with E-state index in [1.165, 1.54) is 21.1 Å². The van der Waals surface area contributed by atoms with Crippen LogP contribution in [0.5, 0.6) is 0 Å². The molecule has 0 saturated carbocycles. The minimum atomic E-state index is -3.40. The van der Waals surface area contributed by atoms with Crippen molar-refractivity contribution in [3.05, 3.63) is 62.1 Å². The van der Waals surface area contributed by atoms with E-state index in [4.69, 9.17) is 0 Å². The molecular formula is C14H14BrNO2S2. The summed E-state index contributed by atoms with van der Waals surface area (Å²) in [6.07, 6.45) is 1.61. The van der Waals surface area contributed by atoms with Gasteiger partial charge in [0, 0.05) is 23.9 Å². The smallest absolute Gasteiger partial charge is 0.208 e. The molecule has 1 aromatic carbocycles. The van der Waals surface area contributed by atoms with Crippen molar-refractivity contribution in [3.8, 4) is 0 Å². The molecule has 0 aliphatic rings. The predicted octanol–water partition coefficient (Wildman–Crippen LogP) is 3.94. The molecule has 0 atom stereocenters. The first kappa shape index (κ1) is 15.4. The third kappa shape index (κ3) is 4.28. The molecule has 106 valence electrons. The van der Waals surface area contributed by atoms with Crippen molar-refractivity contribution in [1.29, 1.82) is 0 Å². The van der Waals surface area contributed by atoms with E-state index < -0.39 is 10.0 Å². The van der Waals surface area contributed by atoms with E-state index in [9.17, 15) is 8.42 Å². The third-order valence-electron chi connectivity index (χ3n) is 2.67. The molecule has 1 aromatic heterocycles. The third-order valence-corrected chi connectivity index (χ3v) is 5.76. The maximum atomic E-state index is 12.1. The molecule has 0 fully saturated rings. The lowest BCUT2D eigenvalue weighted by Gasteiger charge is -2.13. The van der Waals surface area contributed by atoms with Gasteiger partial charge in [-0.05, 0) is 39.7 Å². The van der Waals surface area contributed by atoms with Crippen molar-refractivity contribution in [3.63, 3.8) is 0 Å². The number of nitrogens with zero attached hydrogens (tertiary/aromatic N) is 1. The van der Waals surface area contributed by atoms with Crippen LogP contribution in [0.1, 0.15) is 10.4 Å². The van der Waals surface area contributed by atoms with Crippen molar-refractivity contribution in [2.75, 3.05) is 7.05 Å². The van der Waals surface area contributed by atoms with Gasteiger partial charge in [0.05, 0.1) is 3.79 Å². The summed E-state index contributed by atoms with van der Waals surface area (Å²) >= 11 is 4.90. The van der Waals surface area contributed by atoms with Gasteiger partial charge in [-0.25, -0.2) is 8.42 Å². The molecule has 2 aromatic rings. The highest BCUT2D eigenvalue weighted by molar-refractivity contribution is 9.11. The van der Waals surface area contributed by atoms with Crippen molar-refractivity contribution in [1.82, 2.24) is 4.31 Å². The van der Waals surface area contributed by atoms with Gasteiger partial charge in [0.25, 0.3) is 0 Å². The summed E-state index contributed by atoms with van der Waals surface area (Å²) in [7, 11) is -1.82. The van der Waals surface area contributed by atoms with E-state index in [1.807, 2.05) is 42.5 Å². The second-order valence-electron chi connectivity index (χ2n) is 4.22. The first-order valence-corrected chi connectivity index (χ1v) is 9.02. The molecule has 6 heteroatoms. The van der Waals surface area contributed by atoms with Gasteiger partial charge in [0.1, 0.15) is 0 Å². The summed E-state index contributed by atoms with van der Waals surface area (Å²) in [5, 5.41) is 1.24. The summed E-state index contributed by atoms with van der Waals surface area (Å²) in [6, 6.07) is 13.2. The molecular weight excluding hydrogens is 358 g/mol. The molecule has 0 aliphatic carbocycles. The molecule has 2 rings (SSSR count). The van der Waals surface area contributed by atoms with Gasteiger partial charge >= 0.3 is 0 Å². The topological polar surface area (TPSA) is 37.4 Å². The number of halogens is 1. The molecule has 0 bridgehead atoms. The highest BCUT2D eigenvalue weighted by atomic mass is 79.9. The van der Waals surface area contributed by atoms with Gasteiger partial charge in [-0.15, -0.1) is 11.3 Å². The fraction of sp³-hybridized carbons (Fsp3) is 0.143. The zero-order chi connectivity index (χ0) is 14.6. The average Bonchev–Trinajstić information content (AvgIpc) is 2.83. The maximum Gasteiger partial charge on any atom is 0.236 e. The molecule has 1 heterocycles. The van der Waals surface area contributed by atoms with Crippen LogP contribution in [0.4, 0.5) is 0 Å². The molecule has 0 saturated heterocycles. The van der Waals surface area contributed by atoms with Gasteiger partial charge in [0.2, 0.25) is 10.0 Å². The summed E-state index contributed by atoms with van der Waals surface area (Å²) < 4.78 is 26.6. The molecule has 20 heavy (non-hydrogen) atoms. The van der Waals surface area contributed by atoms with Crippen molar-refractivity contribution >= 4 is 43.4 Å². The first-order valence-electron chi connectivity index (χ1n) is 5.91. The Morgan fingerprint density at radius 2 is 1.90 bits per heavy atom. The van der Waals surface area contributed by atoms with E-state index in [1.54, 1.807) is 13.1 Å². The Morgan fingerprint density at radius 1 is 1.20 bits per heavy atom. The monoisotopic (exact) mass is 371 g/mol. The molecule has 0 amide bonds. The standard InChI is InChI=1S/C14H14BrNO2S2/c1-16(11-13-7-8-14(15)19-13)20(17,18)10-9-12-5-3-2-4-6-12/h2-10H,11H2,1H3. The van der Waals surface area contributed by atoms with E-state index in [-0.39, 0.29) is 0 Å². The SMILES string of the molecule is CN(Cc1ccc(Br)s1)S(=O)(=O)C=Cc1ccccc1. The van der Waals surface area contributed by atoms with Gasteiger partial charge in [0.15, 0.2) is 0 Å². The fourth-order valence-corrected chi connectivity index (χ4v) is 4.05. The van der Waals surface area contributed by atoms with E-state index in [0.29, 0.717) is 6.54 Å². The number of hydrogen-bond acceptors (Lipinski definition) is 3. The Kier molecular flexibility index (Phi) is 5.15. The second kappa shape index (κ2) is 6.67. The van der Waals surface area contributed by atoms with Crippen molar-refractivity contribution < 1.29 is 8.42 Å². The fourth-order valence-electron chi connectivity index (χ4n) is 1.58. The van der Waals surface area contributed by atoms with Crippen LogP contribution in [0.3, 0.4) is 0 Å². The molecule has 3 nitrogen and oxygen atoms in total. The van der Waals surface area contributed by atoms with Gasteiger partial charge in [-0.3, -0.25) is 0 Å². The van der Waals surface area contributed by atoms with Crippen molar-refractivity contribution in [2.45, 2.75) is 6.54 Å². The second-order valence-corrected chi connectivity index (χ2v) is 8.69. The van der Waals surface area contributed by atoms with Crippen LogP contribution in [0.25, 0.3) is 6.08 Å².